The normalized spacial score (nSPS) is 23.7. The monoisotopic (exact) mass is 268 g/mol. The molecule has 0 spiro atoms. The van der Waals surface area contributed by atoms with Crippen LogP contribution in [0.25, 0.3) is 11.0 Å². The molecule has 8 heteroatoms. The molecule has 0 fully saturated rings. The summed E-state index contributed by atoms with van der Waals surface area (Å²) < 4.78 is 1.68. The molecule has 1 aromatic heterocycles. The maximum atomic E-state index is 6.18. The van der Waals surface area contributed by atoms with Gasteiger partial charge in [0.1, 0.15) is 12.9 Å². The Morgan fingerprint density at radius 3 is 3.05 bits per heavy atom. The van der Waals surface area contributed by atoms with E-state index in [0.29, 0.717) is 0 Å². The number of hydrogen-bond acceptors (Lipinski definition) is 5. The number of fused-ring (bicyclic) bond motifs is 1. The molecule has 2 heterocycles. The van der Waals surface area contributed by atoms with Crippen molar-refractivity contribution in [1.82, 2.24) is 20.4 Å². The van der Waals surface area contributed by atoms with Gasteiger partial charge >= 0.3 is 0 Å². The first kappa shape index (κ1) is 12.3. The Bertz CT molecular complexity index is 737. The van der Waals surface area contributed by atoms with Crippen molar-refractivity contribution in [3.05, 3.63) is 30.6 Å². The summed E-state index contributed by atoms with van der Waals surface area (Å²) in [5.41, 5.74) is 13.4. The number of nitrogens with one attached hydrogen (secondary N) is 2. The molecule has 20 heavy (non-hydrogen) atoms. The van der Waals surface area contributed by atoms with Crippen molar-refractivity contribution in [2.75, 3.05) is 6.54 Å². The molecule has 0 saturated heterocycles. The Hall–Kier alpha value is -2.76. The lowest BCUT2D eigenvalue weighted by Crippen LogP contribution is -2.62. The predicted molar refractivity (Wildman–Crippen MR) is 74.2 cm³/mol. The zero-order valence-corrected chi connectivity index (χ0v) is 10.5. The number of hydrogen-bond donors (Lipinski definition) is 3. The number of aliphatic imine (C=N–C) groups is 1. The van der Waals surface area contributed by atoms with Gasteiger partial charge in [-0.15, -0.1) is 16.7 Å². The lowest BCUT2D eigenvalue weighted by Gasteiger charge is -2.30. The molecule has 8 nitrogen and oxygen atoms in total. The minimum Gasteiger partial charge on any atom is -0.284 e. The fourth-order valence-electron chi connectivity index (χ4n) is 1.85. The van der Waals surface area contributed by atoms with Crippen LogP contribution in [0.15, 0.2) is 45.8 Å². The zero-order valence-electron chi connectivity index (χ0n) is 10.5. The summed E-state index contributed by atoms with van der Waals surface area (Å²) in [6.07, 6.45) is 6.72. The zero-order chi connectivity index (χ0) is 14.0. The van der Waals surface area contributed by atoms with Gasteiger partial charge in [-0.3, -0.25) is 15.7 Å². The highest BCUT2D eigenvalue weighted by molar-refractivity contribution is 5.80. The molecule has 1 aliphatic heterocycles. The number of imidazole rings is 1. The number of nitrogens with zero attached hydrogens (tertiary/aromatic N) is 5. The van der Waals surface area contributed by atoms with Gasteiger partial charge in [0.05, 0.1) is 11.0 Å². The van der Waals surface area contributed by atoms with Gasteiger partial charge < -0.3 is 0 Å². The van der Waals surface area contributed by atoms with Gasteiger partial charge in [-0.25, -0.2) is 9.98 Å². The molecule has 0 bridgehead atoms. The number of benzene rings is 1. The molecule has 2 aromatic rings. The van der Waals surface area contributed by atoms with Crippen LogP contribution in [0.4, 0.5) is 0 Å². The topological polar surface area (TPSA) is 105 Å². The van der Waals surface area contributed by atoms with Crippen LogP contribution >= 0.6 is 0 Å². The van der Waals surface area contributed by atoms with Crippen molar-refractivity contribution in [3.8, 4) is 12.3 Å². The number of hydrazine groups is 1. The third-order valence-electron chi connectivity index (χ3n) is 2.80. The molecule has 1 aliphatic rings. The maximum Gasteiger partial charge on any atom is 0.285 e. The molecular formula is C12H12N8. The van der Waals surface area contributed by atoms with Gasteiger partial charge in [-0.05, 0) is 12.1 Å². The van der Waals surface area contributed by atoms with Crippen LogP contribution in [0.3, 0.4) is 0 Å². The van der Waals surface area contributed by atoms with Crippen LogP contribution < -0.4 is 16.6 Å². The van der Waals surface area contributed by atoms with E-state index in [1.165, 1.54) is 0 Å². The third kappa shape index (κ3) is 2.01. The highest BCUT2D eigenvalue weighted by Gasteiger charge is 2.31. The van der Waals surface area contributed by atoms with Crippen molar-refractivity contribution in [3.63, 3.8) is 0 Å². The Morgan fingerprint density at radius 1 is 1.45 bits per heavy atom. The van der Waals surface area contributed by atoms with Crippen LogP contribution in [-0.2, 0) is 5.91 Å². The molecule has 0 amide bonds. The highest BCUT2D eigenvalue weighted by Crippen LogP contribution is 2.19. The molecule has 3 rings (SSSR count). The van der Waals surface area contributed by atoms with Gasteiger partial charge in [0.2, 0.25) is 0 Å². The Balaban J connectivity index is 1.97. The summed E-state index contributed by atoms with van der Waals surface area (Å²) in [5.74, 6) is 1.40. The van der Waals surface area contributed by atoms with Gasteiger partial charge in [-0.1, -0.05) is 18.1 Å². The molecular weight excluding hydrogens is 256 g/mol. The first-order valence-corrected chi connectivity index (χ1v) is 5.88. The van der Waals surface area contributed by atoms with Crippen LogP contribution in [0, 0.1) is 12.3 Å². The second kappa shape index (κ2) is 4.73. The van der Waals surface area contributed by atoms with Crippen LogP contribution in [0.1, 0.15) is 0 Å². The summed E-state index contributed by atoms with van der Waals surface area (Å²) in [6.45, 7) is 0.217. The molecule has 1 aromatic carbocycles. The van der Waals surface area contributed by atoms with Gasteiger partial charge in [0, 0.05) is 0 Å². The fraction of sp³-hybridized carbons (Fsp3) is 0.167. The Morgan fingerprint density at radius 2 is 2.30 bits per heavy atom. The average Bonchev–Trinajstić information content (AvgIpc) is 2.91. The Labute approximate surface area is 114 Å². The van der Waals surface area contributed by atoms with E-state index in [2.05, 4.69) is 37.0 Å². The van der Waals surface area contributed by atoms with E-state index in [-0.39, 0.29) is 12.5 Å². The predicted octanol–water partition coefficient (Wildman–Crippen LogP) is 0.112. The summed E-state index contributed by atoms with van der Waals surface area (Å²) in [4.78, 5) is 8.24. The van der Waals surface area contributed by atoms with Gasteiger partial charge in [0.15, 0.2) is 0 Å². The lowest BCUT2D eigenvalue weighted by molar-refractivity contribution is 0.204. The number of nitrogens with two attached hydrogens (primary N) is 1. The minimum atomic E-state index is -1.27. The number of para-hydroxylation sites is 2. The number of guanidine groups is 1. The molecule has 100 valence electrons. The largest absolute Gasteiger partial charge is 0.285 e. The Kier molecular flexibility index (Phi) is 2.90. The molecule has 0 aliphatic carbocycles. The van der Waals surface area contributed by atoms with Crippen molar-refractivity contribution in [2.45, 2.75) is 5.91 Å². The van der Waals surface area contributed by atoms with Gasteiger partial charge in [0.25, 0.3) is 11.9 Å². The van der Waals surface area contributed by atoms with E-state index in [1.54, 1.807) is 10.9 Å². The van der Waals surface area contributed by atoms with Crippen LogP contribution in [0.5, 0.6) is 0 Å². The van der Waals surface area contributed by atoms with Crippen molar-refractivity contribution >= 4 is 17.0 Å². The van der Waals surface area contributed by atoms with Crippen LogP contribution in [0.2, 0.25) is 0 Å². The second-order valence-corrected chi connectivity index (χ2v) is 4.12. The smallest absolute Gasteiger partial charge is 0.284 e. The van der Waals surface area contributed by atoms with Crippen molar-refractivity contribution < 1.29 is 0 Å². The van der Waals surface area contributed by atoms with E-state index in [1.807, 2.05) is 24.3 Å². The highest BCUT2D eigenvalue weighted by atomic mass is 15.7. The summed E-state index contributed by atoms with van der Waals surface area (Å²) in [6, 6.07) is 7.59. The van der Waals surface area contributed by atoms with E-state index in [4.69, 9.17) is 12.2 Å². The minimum absolute atomic E-state index is 0.217. The molecule has 4 N–H and O–H groups in total. The van der Waals surface area contributed by atoms with Crippen LogP contribution in [-0.4, -0.2) is 22.1 Å². The lowest BCUT2D eigenvalue weighted by atomic mass is 10.3. The number of aromatic nitrogens is 2. The quantitative estimate of drug-likeness (QED) is 0.672. The SMILES string of the molecule is C#CCN=C1N=NC(N)(n2cnc3ccccc32)NN1. The standard InChI is InChI=1S/C12H12N8/c1-2-7-14-11-16-18-12(13,19-17-11)20-8-15-9-5-3-4-6-10(9)20/h1,3-6,8,18H,7,13H2,(H,14,16). The first-order chi connectivity index (χ1) is 9.73. The number of azo groups is 1. The van der Waals surface area contributed by atoms with E-state index in [0.717, 1.165) is 11.0 Å². The molecule has 0 saturated carbocycles. The van der Waals surface area contributed by atoms with E-state index < -0.39 is 5.91 Å². The fourth-order valence-corrected chi connectivity index (χ4v) is 1.85. The van der Waals surface area contributed by atoms with Crippen molar-refractivity contribution in [1.29, 1.82) is 0 Å². The summed E-state index contributed by atoms with van der Waals surface area (Å²) in [5, 5.41) is 7.96. The number of terminal acetylenes is 1. The van der Waals surface area contributed by atoms with Crippen molar-refractivity contribution in [2.24, 2.45) is 21.0 Å². The third-order valence-corrected chi connectivity index (χ3v) is 2.80. The van der Waals surface area contributed by atoms with E-state index >= 15 is 0 Å². The second-order valence-electron chi connectivity index (χ2n) is 4.12. The molecule has 0 radical (unpaired) electrons. The first-order valence-electron chi connectivity index (χ1n) is 5.88. The van der Waals surface area contributed by atoms with E-state index in [9.17, 15) is 0 Å². The molecule has 1 atom stereocenters. The van der Waals surface area contributed by atoms with Gasteiger partial charge in [-0.2, -0.15) is 5.43 Å². The average molecular weight is 268 g/mol. The summed E-state index contributed by atoms with van der Waals surface area (Å²) in [7, 11) is 0. The maximum absolute atomic E-state index is 6.18. The molecule has 1 unspecified atom stereocenters. The summed E-state index contributed by atoms with van der Waals surface area (Å²) >= 11 is 0. The number of rotatable bonds is 2.